The van der Waals surface area contributed by atoms with Crippen molar-refractivity contribution >= 4 is 5.78 Å². The van der Waals surface area contributed by atoms with Gasteiger partial charge in [-0.05, 0) is 0 Å². The highest BCUT2D eigenvalue weighted by Gasteiger charge is 2.39. The molecule has 2 saturated heterocycles. The highest BCUT2D eigenvalue weighted by molar-refractivity contribution is 5.98. The van der Waals surface area contributed by atoms with Crippen LogP contribution >= 0.6 is 0 Å². The molecule has 7 nitrogen and oxygen atoms in total. The lowest BCUT2D eigenvalue weighted by Crippen LogP contribution is -2.49. The molecule has 0 saturated carbocycles. The van der Waals surface area contributed by atoms with Gasteiger partial charge in [0.2, 0.25) is 5.78 Å². The average Bonchev–Trinajstić information content (AvgIpc) is 2.67. The number of hydrogen-bond acceptors (Lipinski definition) is 7. The fourth-order valence-electron chi connectivity index (χ4n) is 2.96. The van der Waals surface area contributed by atoms with E-state index in [1.54, 1.807) is 13.2 Å². The van der Waals surface area contributed by atoms with E-state index >= 15 is 0 Å². The van der Waals surface area contributed by atoms with Crippen LogP contribution in [0.15, 0.2) is 42.2 Å². The molecule has 0 radical (unpaired) electrons. The number of nitrogens with zero attached hydrogens (tertiary/aromatic N) is 1. The zero-order valence-electron chi connectivity index (χ0n) is 14.3. The summed E-state index contributed by atoms with van der Waals surface area (Å²) in [6.45, 7) is 2.43. The van der Waals surface area contributed by atoms with Crippen LogP contribution < -0.4 is 5.32 Å². The zero-order valence-corrected chi connectivity index (χ0v) is 14.3. The van der Waals surface area contributed by atoms with Gasteiger partial charge in [-0.1, -0.05) is 30.3 Å². The van der Waals surface area contributed by atoms with Crippen molar-refractivity contribution in [2.24, 2.45) is 0 Å². The lowest BCUT2D eigenvalue weighted by Gasteiger charge is -2.36. The largest absolute Gasteiger partial charge is 0.392 e. The number of ketones is 1. The van der Waals surface area contributed by atoms with E-state index in [1.807, 2.05) is 35.2 Å². The molecule has 136 valence electrons. The van der Waals surface area contributed by atoms with Gasteiger partial charge in [-0.2, -0.15) is 0 Å². The van der Waals surface area contributed by atoms with Crippen LogP contribution in [0.4, 0.5) is 0 Å². The van der Waals surface area contributed by atoms with Gasteiger partial charge < -0.3 is 29.5 Å². The molecule has 2 heterocycles. The minimum atomic E-state index is -1.01. The van der Waals surface area contributed by atoms with Crippen molar-refractivity contribution in [3.05, 3.63) is 47.8 Å². The number of hydrogen-bond donors (Lipinski definition) is 2. The van der Waals surface area contributed by atoms with Crippen molar-refractivity contribution in [3.8, 4) is 0 Å². The smallest absolute Gasteiger partial charge is 0.211 e. The number of ether oxygens (including phenoxy) is 3. The van der Waals surface area contributed by atoms with Gasteiger partial charge in [-0.15, -0.1) is 0 Å². The minimum Gasteiger partial charge on any atom is -0.392 e. The van der Waals surface area contributed by atoms with Crippen LogP contribution in [0.3, 0.4) is 0 Å². The molecule has 2 fully saturated rings. The predicted octanol–water partition coefficient (Wildman–Crippen LogP) is 0.424. The monoisotopic (exact) mass is 348 g/mol. The van der Waals surface area contributed by atoms with Gasteiger partial charge in [0.15, 0.2) is 12.4 Å². The molecule has 2 aliphatic rings. The van der Waals surface area contributed by atoms with Gasteiger partial charge in [-0.25, -0.2) is 0 Å². The highest BCUT2D eigenvalue weighted by Crippen LogP contribution is 2.28. The Morgan fingerprint density at radius 1 is 1.28 bits per heavy atom. The van der Waals surface area contributed by atoms with E-state index in [4.69, 9.17) is 14.2 Å². The number of rotatable bonds is 5. The van der Waals surface area contributed by atoms with Crippen molar-refractivity contribution < 1.29 is 24.1 Å². The van der Waals surface area contributed by atoms with E-state index in [0.717, 1.165) is 5.56 Å². The Morgan fingerprint density at radius 2 is 2.00 bits per heavy atom. The van der Waals surface area contributed by atoms with Crippen LogP contribution in [-0.4, -0.2) is 68.0 Å². The first-order chi connectivity index (χ1) is 12.2. The Kier molecular flexibility index (Phi) is 6.04. The van der Waals surface area contributed by atoms with E-state index in [-0.39, 0.29) is 12.4 Å². The fourth-order valence-corrected chi connectivity index (χ4v) is 2.96. The first-order valence-corrected chi connectivity index (χ1v) is 8.45. The molecule has 0 unspecified atom stereocenters. The van der Waals surface area contributed by atoms with Crippen LogP contribution in [-0.2, 0) is 19.0 Å². The molecule has 0 aromatic heterocycles. The van der Waals surface area contributed by atoms with Crippen molar-refractivity contribution in [1.29, 1.82) is 0 Å². The molecule has 0 amide bonds. The Hall–Kier alpha value is -1.93. The lowest BCUT2D eigenvalue weighted by molar-refractivity contribution is -0.250. The summed E-state index contributed by atoms with van der Waals surface area (Å²) in [7, 11) is 1.74. The summed E-state index contributed by atoms with van der Waals surface area (Å²) in [5, 5.41) is 13.2. The summed E-state index contributed by atoms with van der Waals surface area (Å²) in [6, 6.07) is 9.40. The SMILES string of the molecule is CN/C=C(/C(=O)[C@@H]1O[C@H](c2ccccc2)OC[C@H]1O)N1CCOCC1. The molecule has 3 rings (SSSR count). The number of benzene rings is 1. The standard InChI is InChI=1S/C18H24N2O5/c1-19-11-14(20-7-9-23-10-8-20)16(22)17-15(21)12-24-18(25-17)13-5-3-2-4-6-13/h2-6,11,15,17-19,21H,7-10,12H2,1H3/b14-11-/t15-,17-,18-/m1/s1. The molecule has 1 aromatic carbocycles. The topological polar surface area (TPSA) is 80.3 Å². The van der Waals surface area contributed by atoms with Gasteiger partial charge in [0.25, 0.3) is 0 Å². The highest BCUT2D eigenvalue weighted by atomic mass is 16.7. The normalized spacial score (nSPS) is 27.8. The molecule has 7 heteroatoms. The summed E-state index contributed by atoms with van der Waals surface area (Å²) < 4.78 is 16.7. The van der Waals surface area contributed by atoms with Gasteiger partial charge in [0.1, 0.15) is 6.10 Å². The van der Waals surface area contributed by atoms with Gasteiger partial charge in [-0.3, -0.25) is 4.79 Å². The number of aliphatic hydroxyl groups excluding tert-OH is 1. The number of nitrogens with one attached hydrogen (secondary N) is 1. The fraction of sp³-hybridized carbons (Fsp3) is 0.500. The molecule has 0 aliphatic carbocycles. The van der Waals surface area contributed by atoms with Gasteiger partial charge in [0, 0.05) is 31.9 Å². The molecule has 2 aliphatic heterocycles. The van der Waals surface area contributed by atoms with E-state index in [0.29, 0.717) is 32.0 Å². The van der Waals surface area contributed by atoms with Crippen LogP contribution in [0.1, 0.15) is 11.9 Å². The maximum absolute atomic E-state index is 13.0. The Morgan fingerprint density at radius 3 is 2.68 bits per heavy atom. The second-order valence-corrected chi connectivity index (χ2v) is 5.98. The summed E-state index contributed by atoms with van der Waals surface area (Å²) in [4.78, 5) is 15.0. The minimum absolute atomic E-state index is 0.0475. The zero-order chi connectivity index (χ0) is 17.6. The lowest BCUT2D eigenvalue weighted by atomic mass is 10.0. The third-order valence-corrected chi connectivity index (χ3v) is 4.25. The third-order valence-electron chi connectivity index (χ3n) is 4.25. The molecule has 1 aromatic rings. The number of Topliss-reactive ketones (excluding diaryl/α,β-unsaturated/α-hetero) is 1. The molecule has 3 atom stereocenters. The average molecular weight is 348 g/mol. The van der Waals surface area contributed by atoms with Crippen LogP contribution in [0.25, 0.3) is 0 Å². The molecular formula is C18H24N2O5. The van der Waals surface area contributed by atoms with Crippen LogP contribution in [0.5, 0.6) is 0 Å². The maximum Gasteiger partial charge on any atom is 0.211 e. The van der Waals surface area contributed by atoms with E-state index in [2.05, 4.69) is 5.32 Å². The van der Waals surface area contributed by atoms with Crippen molar-refractivity contribution in [2.75, 3.05) is 40.0 Å². The first-order valence-electron chi connectivity index (χ1n) is 8.45. The quantitative estimate of drug-likeness (QED) is 0.747. The summed E-state index contributed by atoms with van der Waals surface area (Å²) >= 11 is 0. The van der Waals surface area contributed by atoms with Crippen LogP contribution in [0, 0.1) is 0 Å². The number of aliphatic hydroxyl groups is 1. The predicted molar refractivity (Wildman–Crippen MR) is 90.6 cm³/mol. The Labute approximate surface area is 147 Å². The van der Waals surface area contributed by atoms with E-state index in [1.165, 1.54) is 0 Å². The Balaban J connectivity index is 1.76. The molecule has 25 heavy (non-hydrogen) atoms. The second kappa shape index (κ2) is 8.44. The second-order valence-electron chi connectivity index (χ2n) is 5.98. The molecule has 0 spiro atoms. The summed E-state index contributed by atoms with van der Waals surface area (Å²) in [5.74, 6) is -0.256. The molecule has 2 N–H and O–H groups in total. The van der Waals surface area contributed by atoms with Crippen molar-refractivity contribution in [3.63, 3.8) is 0 Å². The van der Waals surface area contributed by atoms with Crippen molar-refractivity contribution in [1.82, 2.24) is 10.2 Å². The van der Waals surface area contributed by atoms with Gasteiger partial charge >= 0.3 is 0 Å². The maximum atomic E-state index is 13.0. The first kappa shape index (κ1) is 17.9. The van der Waals surface area contributed by atoms with Gasteiger partial charge in [0.05, 0.1) is 25.5 Å². The third kappa shape index (κ3) is 4.19. The van der Waals surface area contributed by atoms with E-state index < -0.39 is 18.5 Å². The number of morpholine rings is 1. The molecular weight excluding hydrogens is 324 g/mol. The van der Waals surface area contributed by atoms with Crippen molar-refractivity contribution in [2.45, 2.75) is 18.5 Å². The van der Waals surface area contributed by atoms with Crippen LogP contribution in [0.2, 0.25) is 0 Å². The Bertz CT molecular complexity index is 601. The number of carbonyl (C=O) groups excluding carboxylic acids is 1. The molecule has 0 bridgehead atoms. The van der Waals surface area contributed by atoms with E-state index in [9.17, 15) is 9.90 Å². The summed E-state index contributed by atoms with van der Waals surface area (Å²) in [5.41, 5.74) is 1.31. The number of carbonyl (C=O) groups is 1. The summed E-state index contributed by atoms with van der Waals surface area (Å²) in [6.07, 6.45) is -0.995.